The fourth-order valence-corrected chi connectivity index (χ4v) is 3.65. The van der Waals surface area contributed by atoms with Crippen molar-refractivity contribution in [3.05, 3.63) is 96.6 Å². The Balaban J connectivity index is 1.57. The van der Waals surface area contributed by atoms with Crippen molar-refractivity contribution in [1.29, 1.82) is 0 Å². The molecule has 0 saturated carbocycles. The maximum Gasteiger partial charge on any atom is 0.261 e. The van der Waals surface area contributed by atoms with Gasteiger partial charge in [-0.3, -0.25) is 9.52 Å². The van der Waals surface area contributed by atoms with Crippen LogP contribution in [-0.4, -0.2) is 20.8 Å². The van der Waals surface area contributed by atoms with E-state index in [1.165, 1.54) is 18.2 Å². The third-order valence-electron chi connectivity index (χ3n) is 4.01. The monoisotopic (exact) mass is 407 g/mol. The van der Waals surface area contributed by atoms with Gasteiger partial charge in [-0.1, -0.05) is 54.6 Å². The van der Waals surface area contributed by atoms with Crippen LogP contribution < -0.4 is 9.46 Å². The molecule has 0 fully saturated rings. The normalized spacial score (nSPS) is 11.3. The third-order valence-corrected chi connectivity index (χ3v) is 5.41. The molecule has 0 aliphatic rings. The maximum absolute atomic E-state index is 12.4. The Hall–Kier alpha value is -3.38. The predicted octanol–water partition coefficient (Wildman–Crippen LogP) is 4.54. The lowest BCUT2D eigenvalue weighted by Crippen LogP contribution is -2.12. The molecule has 0 amide bonds. The molecule has 0 heterocycles. The zero-order valence-corrected chi connectivity index (χ0v) is 16.5. The molecule has 3 rings (SSSR count). The summed E-state index contributed by atoms with van der Waals surface area (Å²) >= 11 is 0. The number of ketones is 1. The number of carbonyl (C=O) groups excluding carboxylic acids is 1. The molecule has 0 aromatic heterocycles. The van der Waals surface area contributed by atoms with Gasteiger partial charge in [-0.15, -0.1) is 0 Å². The van der Waals surface area contributed by atoms with Gasteiger partial charge in [0.15, 0.2) is 5.78 Å². The van der Waals surface area contributed by atoms with Crippen LogP contribution >= 0.6 is 0 Å². The minimum atomic E-state index is -3.66. The summed E-state index contributed by atoms with van der Waals surface area (Å²) in [6.45, 7) is 0.296. The Morgan fingerprint density at radius 2 is 1.59 bits per heavy atom. The fraction of sp³-hybridized carbons (Fsp3) is 0.0870. The van der Waals surface area contributed by atoms with Crippen LogP contribution in [0.4, 0.5) is 5.69 Å². The number of benzene rings is 3. The molecule has 0 unspecified atom stereocenters. The van der Waals surface area contributed by atoms with Crippen molar-refractivity contribution in [1.82, 2.24) is 0 Å². The van der Waals surface area contributed by atoms with Crippen LogP contribution in [0.3, 0.4) is 0 Å². The Kier molecular flexibility index (Phi) is 6.81. The molecule has 0 aliphatic carbocycles. The van der Waals surface area contributed by atoms with Crippen LogP contribution in [0.5, 0.6) is 5.75 Å². The van der Waals surface area contributed by atoms with Crippen molar-refractivity contribution in [2.75, 3.05) is 11.3 Å². The van der Waals surface area contributed by atoms with Crippen molar-refractivity contribution < 1.29 is 17.9 Å². The molecule has 29 heavy (non-hydrogen) atoms. The molecule has 5 nitrogen and oxygen atoms in total. The van der Waals surface area contributed by atoms with E-state index >= 15 is 0 Å². The van der Waals surface area contributed by atoms with Crippen molar-refractivity contribution in [2.45, 2.75) is 11.3 Å². The zero-order chi connectivity index (χ0) is 20.5. The molecule has 0 atom stereocenters. The quantitative estimate of drug-likeness (QED) is 0.529. The first-order valence-electron chi connectivity index (χ1n) is 9.10. The Bertz CT molecular complexity index is 1080. The highest BCUT2D eigenvalue weighted by Gasteiger charge is 2.13. The van der Waals surface area contributed by atoms with Crippen LogP contribution in [0.25, 0.3) is 6.08 Å². The van der Waals surface area contributed by atoms with Gasteiger partial charge >= 0.3 is 0 Å². The molecule has 0 spiro atoms. The molecule has 6 heteroatoms. The first-order chi connectivity index (χ1) is 14.0. The van der Waals surface area contributed by atoms with Gasteiger partial charge in [0, 0.05) is 12.1 Å². The van der Waals surface area contributed by atoms with E-state index in [0.717, 1.165) is 11.3 Å². The number of hydrogen-bond acceptors (Lipinski definition) is 4. The number of sulfonamides is 1. The van der Waals surface area contributed by atoms with E-state index in [-0.39, 0.29) is 17.1 Å². The molecule has 1 N–H and O–H groups in total. The van der Waals surface area contributed by atoms with Crippen molar-refractivity contribution >= 4 is 27.6 Å². The average Bonchev–Trinajstić information content (AvgIpc) is 2.74. The Morgan fingerprint density at radius 3 is 2.31 bits per heavy atom. The van der Waals surface area contributed by atoms with Crippen LogP contribution in [-0.2, 0) is 14.8 Å². The van der Waals surface area contributed by atoms with Crippen molar-refractivity contribution in [3.8, 4) is 5.75 Å². The maximum atomic E-state index is 12.4. The third kappa shape index (κ3) is 6.33. The zero-order valence-electron chi connectivity index (χ0n) is 15.7. The second-order valence-electron chi connectivity index (χ2n) is 6.26. The molecule has 0 saturated heterocycles. The van der Waals surface area contributed by atoms with Crippen LogP contribution in [0.15, 0.2) is 95.9 Å². The number of allylic oxidation sites excluding steroid dienone is 1. The lowest BCUT2D eigenvalue weighted by Gasteiger charge is -2.08. The van der Waals surface area contributed by atoms with Gasteiger partial charge in [-0.2, -0.15) is 0 Å². The second kappa shape index (κ2) is 9.71. The van der Waals surface area contributed by atoms with Gasteiger partial charge in [0.2, 0.25) is 0 Å². The molecule has 148 valence electrons. The molecule has 0 bridgehead atoms. The summed E-state index contributed by atoms with van der Waals surface area (Å²) in [7, 11) is -3.66. The van der Waals surface area contributed by atoms with Gasteiger partial charge in [-0.05, 0) is 48.0 Å². The lowest BCUT2D eigenvalue weighted by molar-refractivity contribution is -0.115. The van der Waals surface area contributed by atoms with Gasteiger partial charge in [0.1, 0.15) is 5.75 Å². The van der Waals surface area contributed by atoms with Crippen molar-refractivity contribution in [2.24, 2.45) is 0 Å². The van der Waals surface area contributed by atoms with Gasteiger partial charge in [0.25, 0.3) is 10.0 Å². The summed E-state index contributed by atoms with van der Waals surface area (Å²) in [4.78, 5) is 12.2. The largest absolute Gasteiger partial charge is 0.493 e. The van der Waals surface area contributed by atoms with Gasteiger partial charge < -0.3 is 4.74 Å². The highest BCUT2D eigenvalue weighted by atomic mass is 32.2. The first kappa shape index (κ1) is 20.4. The van der Waals surface area contributed by atoms with E-state index in [0.29, 0.717) is 12.3 Å². The van der Waals surface area contributed by atoms with E-state index in [9.17, 15) is 13.2 Å². The summed E-state index contributed by atoms with van der Waals surface area (Å²) < 4.78 is 32.9. The highest BCUT2D eigenvalue weighted by Crippen LogP contribution is 2.18. The molecular weight excluding hydrogens is 386 g/mol. The number of para-hydroxylation sites is 1. The SMILES string of the molecule is O=C(/C=C/c1cccc(NS(=O)(=O)c2ccccc2)c1)CCOc1ccccc1. The second-order valence-corrected chi connectivity index (χ2v) is 7.94. The smallest absolute Gasteiger partial charge is 0.261 e. The summed E-state index contributed by atoms with van der Waals surface area (Å²) in [5.41, 5.74) is 1.14. The molecule has 3 aromatic carbocycles. The first-order valence-corrected chi connectivity index (χ1v) is 10.6. The number of carbonyl (C=O) groups is 1. The molecule has 3 aromatic rings. The number of rotatable bonds is 9. The van der Waals surface area contributed by atoms with Gasteiger partial charge in [0.05, 0.1) is 11.5 Å². The standard InChI is InChI=1S/C23H21NO4S/c25-21(16-17-28-22-10-3-1-4-11-22)15-14-19-8-7-9-20(18-19)24-29(26,27)23-12-5-2-6-13-23/h1-15,18,24H,16-17H2/b15-14+. The van der Waals surface area contributed by atoms with Gasteiger partial charge in [-0.25, -0.2) is 8.42 Å². The minimum Gasteiger partial charge on any atom is -0.493 e. The average molecular weight is 407 g/mol. The number of ether oxygens (including phenoxy) is 1. The predicted molar refractivity (Wildman–Crippen MR) is 114 cm³/mol. The van der Waals surface area contributed by atoms with E-state index in [4.69, 9.17) is 4.74 Å². The van der Waals surface area contributed by atoms with E-state index in [1.807, 2.05) is 30.3 Å². The van der Waals surface area contributed by atoms with Crippen molar-refractivity contribution in [3.63, 3.8) is 0 Å². The van der Waals surface area contributed by atoms with E-state index < -0.39 is 10.0 Å². The summed E-state index contributed by atoms with van der Waals surface area (Å²) in [5.74, 6) is 0.652. The minimum absolute atomic E-state index is 0.0730. The summed E-state index contributed by atoms with van der Waals surface area (Å²) in [6, 6.07) is 24.3. The van der Waals surface area contributed by atoms with Crippen LogP contribution in [0.1, 0.15) is 12.0 Å². The Morgan fingerprint density at radius 1 is 0.897 bits per heavy atom. The Labute approximate surface area is 170 Å². The van der Waals surface area contributed by atoms with Crippen LogP contribution in [0, 0.1) is 0 Å². The number of nitrogens with one attached hydrogen (secondary N) is 1. The number of anilines is 1. The van der Waals surface area contributed by atoms with E-state index in [2.05, 4.69) is 4.72 Å². The highest BCUT2D eigenvalue weighted by molar-refractivity contribution is 7.92. The molecular formula is C23H21NO4S. The fourth-order valence-electron chi connectivity index (χ4n) is 2.58. The lowest BCUT2D eigenvalue weighted by atomic mass is 10.1. The topological polar surface area (TPSA) is 72.5 Å². The van der Waals surface area contributed by atoms with Crippen LogP contribution in [0.2, 0.25) is 0 Å². The number of hydrogen-bond donors (Lipinski definition) is 1. The van der Waals surface area contributed by atoms with E-state index in [1.54, 1.807) is 48.5 Å². The molecule has 0 radical (unpaired) electrons. The molecule has 0 aliphatic heterocycles. The summed E-state index contributed by atoms with van der Waals surface area (Å²) in [6.07, 6.45) is 3.38. The summed E-state index contributed by atoms with van der Waals surface area (Å²) in [5, 5.41) is 0.